The van der Waals surface area contributed by atoms with Crippen molar-refractivity contribution in [3.8, 4) is 0 Å². The van der Waals surface area contributed by atoms with Crippen molar-refractivity contribution in [2.45, 2.75) is 112 Å². The van der Waals surface area contributed by atoms with Gasteiger partial charge in [-0.25, -0.2) is 0 Å². The molecule has 6 aliphatic rings. The third-order valence-electron chi connectivity index (χ3n) is 8.81. The largest absolute Gasteiger partial charge is 0.394 e. The Morgan fingerprint density at radius 1 is 0.794 bits per heavy atom. The Morgan fingerprint density at radius 3 is 2.03 bits per heavy atom. The number of rotatable bonds is 6. The van der Waals surface area contributed by atoms with Crippen LogP contribution in [0.1, 0.15) is 45.4 Å². The van der Waals surface area contributed by atoms with E-state index in [2.05, 4.69) is 12.2 Å². The number of nitrogens with one attached hydrogen (secondary N) is 1. The average Bonchev–Trinajstić information content (AvgIpc) is 2.77. The Balaban J connectivity index is 1.28. The molecule has 0 radical (unpaired) electrons. The maximum atomic E-state index is 10.9. The van der Waals surface area contributed by atoms with Crippen molar-refractivity contribution >= 4 is 0 Å². The number of ether oxygens (including phenoxy) is 3. The topological polar surface area (TPSA) is 181 Å². The number of hydrogen-bond donors (Lipinski definition) is 8. The monoisotopic (exact) mass is 489 g/mol. The Bertz CT molecular complexity index is 723. The van der Waals surface area contributed by atoms with Crippen LogP contribution in [-0.4, -0.2) is 116 Å². The van der Waals surface area contributed by atoms with Crippen LogP contribution in [0.15, 0.2) is 0 Å². The standard InChI is InChI=1S/C23H39NO10/c1-22-3-10-2-11(4-22)6-23(5-10,9-22)24-20-17(30)16(29)19(13(8-26)32-20)34-21-18(31)15(28)14(27)12(7-25)33-21/h10-21,24-31H,2-9H2,1H3/t10?,11?,12?,13?,14-,15-,16+,17?,18?,19-,20+,21-,22?,23?/m0/s1. The molecule has 196 valence electrons. The van der Waals surface area contributed by atoms with Crippen molar-refractivity contribution in [2.24, 2.45) is 17.3 Å². The molecule has 0 amide bonds. The molecule has 6 fully saturated rings. The fourth-order valence-electron chi connectivity index (χ4n) is 7.90. The van der Waals surface area contributed by atoms with E-state index >= 15 is 0 Å². The number of aliphatic hydroxyl groups excluding tert-OH is 7. The van der Waals surface area contributed by atoms with Crippen LogP contribution >= 0.6 is 0 Å². The zero-order valence-electron chi connectivity index (χ0n) is 19.4. The smallest absolute Gasteiger partial charge is 0.187 e. The lowest BCUT2D eigenvalue weighted by atomic mass is 9.47. The van der Waals surface area contributed by atoms with Crippen LogP contribution in [0.25, 0.3) is 0 Å². The van der Waals surface area contributed by atoms with Crippen molar-refractivity contribution in [1.29, 1.82) is 0 Å². The first-order valence-electron chi connectivity index (χ1n) is 12.4. The van der Waals surface area contributed by atoms with Crippen LogP contribution in [0.4, 0.5) is 0 Å². The third-order valence-corrected chi connectivity index (χ3v) is 8.81. The van der Waals surface area contributed by atoms with Gasteiger partial charge in [-0.3, -0.25) is 5.32 Å². The van der Waals surface area contributed by atoms with Crippen LogP contribution in [0.5, 0.6) is 0 Å². The maximum Gasteiger partial charge on any atom is 0.187 e. The normalized spacial score (nSPS) is 57.2. The minimum Gasteiger partial charge on any atom is -0.394 e. The van der Waals surface area contributed by atoms with E-state index in [4.69, 9.17) is 14.2 Å². The Labute approximate surface area is 198 Å². The first-order chi connectivity index (χ1) is 16.1. The summed E-state index contributed by atoms with van der Waals surface area (Å²) >= 11 is 0. The third kappa shape index (κ3) is 4.32. The van der Waals surface area contributed by atoms with E-state index in [0.29, 0.717) is 11.8 Å². The lowest BCUT2D eigenvalue weighted by molar-refractivity contribution is -0.344. The molecule has 0 spiro atoms. The molecule has 4 saturated carbocycles. The lowest BCUT2D eigenvalue weighted by Crippen LogP contribution is -2.70. The molecule has 0 aromatic heterocycles. The zero-order valence-corrected chi connectivity index (χ0v) is 19.4. The van der Waals surface area contributed by atoms with E-state index in [1.54, 1.807) is 0 Å². The summed E-state index contributed by atoms with van der Waals surface area (Å²) in [4.78, 5) is 0. The molecular weight excluding hydrogens is 450 g/mol. The van der Waals surface area contributed by atoms with Crippen LogP contribution in [-0.2, 0) is 14.2 Å². The van der Waals surface area contributed by atoms with E-state index in [-0.39, 0.29) is 11.0 Å². The highest BCUT2D eigenvalue weighted by atomic mass is 16.7. The molecule has 12 atom stereocenters. The van der Waals surface area contributed by atoms with Gasteiger partial charge in [0, 0.05) is 5.54 Å². The predicted octanol–water partition coefficient (Wildman–Crippen LogP) is -2.44. The van der Waals surface area contributed by atoms with Gasteiger partial charge < -0.3 is 50.0 Å². The van der Waals surface area contributed by atoms with E-state index in [9.17, 15) is 35.7 Å². The van der Waals surface area contributed by atoms with E-state index in [1.165, 1.54) is 19.3 Å². The summed E-state index contributed by atoms with van der Waals surface area (Å²) < 4.78 is 17.0. The molecule has 6 rings (SSSR count). The van der Waals surface area contributed by atoms with Gasteiger partial charge in [-0.2, -0.15) is 0 Å². The summed E-state index contributed by atoms with van der Waals surface area (Å²) in [5.41, 5.74) is 0.0790. The van der Waals surface area contributed by atoms with Gasteiger partial charge in [-0.1, -0.05) is 6.92 Å². The van der Waals surface area contributed by atoms with E-state index in [0.717, 1.165) is 19.3 Å². The van der Waals surface area contributed by atoms with Crippen molar-refractivity contribution in [2.75, 3.05) is 13.2 Å². The van der Waals surface area contributed by atoms with Gasteiger partial charge in [0.15, 0.2) is 6.29 Å². The molecule has 0 aromatic rings. The van der Waals surface area contributed by atoms with Crippen LogP contribution in [0, 0.1) is 17.3 Å². The molecule has 8 N–H and O–H groups in total. The van der Waals surface area contributed by atoms with Crippen LogP contribution in [0.3, 0.4) is 0 Å². The van der Waals surface area contributed by atoms with Crippen molar-refractivity contribution < 1.29 is 50.0 Å². The van der Waals surface area contributed by atoms with Gasteiger partial charge in [0.1, 0.15) is 55.1 Å². The second kappa shape index (κ2) is 9.14. The quantitative estimate of drug-likeness (QED) is 0.198. The van der Waals surface area contributed by atoms with Gasteiger partial charge in [-0.15, -0.1) is 0 Å². The van der Waals surface area contributed by atoms with Gasteiger partial charge >= 0.3 is 0 Å². The molecule has 4 bridgehead atoms. The highest BCUT2D eigenvalue weighted by molar-refractivity contribution is 5.11. The highest BCUT2D eigenvalue weighted by Crippen LogP contribution is 2.61. The maximum absolute atomic E-state index is 10.9. The minimum absolute atomic E-state index is 0.185. The molecule has 11 nitrogen and oxygen atoms in total. The average molecular weight is 490 g/mol. The van der Waals surface area contributed by atoms with E-state index < -0.39 is 74.6 Å². The Morgan fingerprint density at radius 2 is 1.44 bits per heavy atom. The van der Waals surface area contributed by atoms with Gasteiger partial charge in [0.2, 0.25) is 0 Å². The second-order valence-corrected chi connectivity index (χ2v) is 11.8. The molecule has 11 heteroatoms. The molecule has 2 saturated heterocycles. The Hall–Kier alpha value is -0.440. The molecule has 6 unspecified atom stereocenters. The number of hydrogen-bond acceptors (Lipinski definition) is 11. The van der Waals surface area contributed by atoms with Crippen molar-refractivity contribution in [1.82, 2.24) is 5.32 Å². The summed E-state index contributed by atoms with van der Waals surface area (Å²) in [5, 5.41) is 75.0. The summed E-state index contributed by atoms with van der Waals surface area (Å²) in [5.74, 6) is 1.28. The van der Waals surface area contributed by atoms with E-state index in [1.807, 2.05) is 0 Å². The first-order valence-corrected chi connectivity index (χ1v) is 12.4. The lowest BCUT2D eigenvalue weighted by Gasteiger charge is -2.62. The predicted molar refractivity (Wildman–Crippen MR) is 115 cm³/mol. The zero-order chi connectivity index (χ0) is 24.4. The molecule has 34 heavy (non-hydrogen) atoms. The summed E-state index contributed by atoms with van der Waals surface area (Å²) in [6.07, 6.45) is -7.05. The SMILES string of the molecule is CC12CC3CC(C1)CC(N[C@@H]1OC(CO)[C@H](O[C@@H]4OC(CO)[C@H](O)[C@H](O)C4O)[C@H](O)C1O)(C3)C2. The second-order valence-electron chi connectivity index (χ2n) is 11.8. The Kier molecular flexibility index (Phi) is 6.78. The van der Waals surface area contributed by atoms with Crippen LogP contribution < -0.4 is 5.32 Å². The molecular formula is C23H39NO10. The summed E-state index contributed by atoms with van der Waals surface area (Å²) in [6.45, 7) is 1.17. The molecule has 2 heterocycles. The molecule has 2 aliphatic heterocycles. The fraction of sp³-hybridized carbons (Fsp3) is 1.00. The van der Waals surface area contributed by atoms with Gasteiger partial charge in [-0.05, 0) is 55.8 Å². The molecule has 4 aliphatic carbocycles. The number of aliphatic hydroxyl groups is 7. The minimum atomic E-state index is -1.68. The van der Waals surface area contributed by atoms with Crippen LogP contribution in [0.2, 0.25) is 0 Å². The summed E-state index contributed by atoms with van der Waals surface area (Å²) in [7, 11) is 0. The van der Waals surface area contributed by atoms with Gasteiger partial charge in [0.05, 0.1) is 13.2 Å². The highest BCUT2D eigenvalue weighted by Gasteiger charge is 2.58. The first kappa shape index (κ1) is 25.2. The van der Waals surface area contributed by atoms with Gasteiger partial charge in [0.25, 0.3) is 0 Å². The fourth-order valence-corrected chi connectivity index (χ4v) is 7.90. The van der Waals surface area contributed by atoms with Crippen molar-refractivity contribution in [3.63, 3.8) is 0 Å². The van der Waals surface area contributed by atoms with Crippen molar-refractivity contribution in [3.05, 3.63) is 0 Å². The summed E-state index contributed by atoms with van der Waals surface area (Å²) in [6, 6.07) is 0. The molecule has 0 aromatic carbocycles.